The average Bonchev–Trinajstić information content (AvgIpc) is 3.17. The first-order valence-corrected chi connectivity index (χ1v) is 11.2. The van der Waals surface area contributed by atoms with Crippen LogP contribution in [0, 0.1) is 22.7 Å². The molecule has 0 bridgehead atoms. The van der Waals surface area contributed by atoms with Crippen molar-refractivity contribution in [2.45, 2.75) is 65.0 Å². The van der Waals surface area contributed by atoms with Gasteiger partial charge in [-0.15, -0.1) is 0 Å². The molecule has 5 rings (SSSR count). The number of allylic oxidation sites excluding steroid dienone is 6. The van der Waals surface area contributed by atoms with Crippen LogP contribution in [0.1, 0.15) is 53.4 Å². The number of hydrogen-bond donors (Lipinski definition) is 0. The van der Waals surface area contributed by atoms with Crippen molar-refractivity contribution in [3.63, 3.8) is 0 Å². The highest BCUT2D eigenvalue weighted by Gasteiger charge is 2.72. The first-order chi connectivity index (χ1) is 14.6. The van der Waals surface area contributed by atoms with Gasteiger partial charge >= 0.3 is 5.97 Å². The number of nitrogens with zero attached hydrogens (tertiary/aromatic N) is 1. The number of carbonyl (C=O) groups excluding carboxylic acids is 3. The van der Waals surface area contributed by atoms with E-state index >= 15 is 0 Å². The van der Waals surface area contributed by atoms with Crippen LogP contribution < -0.4 is 0 Å². The standard InChI is InChI=1S/C25H29NO5/c1-14-26-25(21(29)13-30-15(2)27)22(31-14)12-20-18-6-5-16-11-17(28)7-9-23(16,3)19(18)8-10-24(20,25)4/h7-9,11,18,20,22H,5-6,10,12-13H2,1-4H3/t18?,20?,22?,23-,24-,25?/m0/s1. The lowest BCUT2D eigenvalue weighted by Crippen LogP contribution is -2.57. The van der Waals surface area contributed by atoms with E-state index in [2.05, 4.69) is 26.0 Å². The van der Waals surface area contributed by atoms with Crippen LogP contribution in [0.15, 0.2) is 40.4 Å². The SMILES string of the molecule is CC(=O)OCC(=O)C12N=C(C)OC1CC1C3CCC4=CC(=O)C=C[C@]4(C)C3=CC[C@@]12C. The van der Waals surface area contributed by atoms with Crippen molar-refractivity contribution in [3.8, 4) is 0 Å². The van der Waals surface area contributed by atoms with Crippen molar-refractivity contribution in [1.29, 1.82) is 0 Å². The molecule has 1 heterocycles. The summed E-state index contributed by atoms with van der Waals surface area (Å²) < 4.78 is 11.2. The zero-order valence-electron chi connectivity index (χ0n) is 18.6. The molecular weight excluding hydrogens is 394 g/mol. The molecule has 0 radical (unpaired) electrons. The van der Waals surface area contributed by atoms with Crippen molar-refractivity contribution in [2.75, 3.05) is 6.61 Å². The van der Waals surface area contributed by atoms with Gasteiger partial charge in [0, 0.05) is 24.7 Å². The lowest BCUT2D eigenvalue weighted by atomic mass is 9.51. The summed E-state index contributed by atoms with van der Waals surface area (Å²) in [5.41, 5.74) is 0.890. The van der Waals surface area contributed by atoms with Crippen LogP contribution in [0.5, 0.6) is 0 Å². The minimum atomic E-state index is -1.02. The van der Waals surface area contributed by atoms with Crippen molar-refractivity contribution >= 4 is 23.4 Å². The third-order valence-corrected chi connectivity index (χ3v) is 8.62. The predicted octanol–water partition coefficient (Wildman–Crippen LogP) is 3.51. The molecule has 2 fully saturated rings. The molecule has 6 atom stereocenters. The number of hydrogen-bond acceptors (Lipinski definition) is 6. The highest BCUT2D eigenvalue weighted by Crippen LogP contribution is 2.67. The molecule has 0 amide bonds. The molecule has 0 aromatic carbocycles. The van der Waals surface area contributed by atoms with E-state index in [9.17, 15) is 14.4 Å². The Balaban J connectivity index is 1.57. The highest BCUT2D eigenvalue weighted by molar-refractivity contribution is 6.01. The van der Waals surface area contributed by atoms with Crippen LogP contribution in [0.2, 0.25) is 0 Å². The first-order valence-electron chi connectivity index (χ1n) is 11.2. The van der Waals surface area contributed by atoms with Crippen LogP contribution in [0.3, 0.4) is 0 Å². The average molecular weight is 424 g/mol. The maximum atomic E-state index is 13.5. The van der Waals surface area contributed by atoms with Crippen molar-refractivity contribution in [2.24, 2.45) is 27.7 Å². The zero-order chi connectivity index (χ0) is 22.2. The van der Waals surface area contributed by atoms with Gasteiger partial charge in [-0.3, -0.25) is 14.4 Å². The molecule has 5 aliphatic rings. The number of ether oxygens (including phenoxy) is 2. The number of aliphatic imine (C=N–C) groups is 1. The third-order valence-electron chi connectivity index (χ3n) is 8.62. The number of ketones is 2. The van der Waals surface area contributed by atoms with Gasteiger partial charge in [0.05, 0.1) is 0 Å². The normalized spacial score (nSPS) is 42.3. The molecule has 0 aromatic heterocycles. The number of rotatable bonds is 3. The lowest BCUT2D eigenvalue weighted by Gasteiger charge is -2.53. The summed E-state index contributed by atoms with van der Waals surface area (Å²) in [5, 5.41) is 0. The molecule has 2 saturated carbocycles. The van der Waals surface area contributed by atoms with E-state index in [0.29, 0.717) is 18.2 Å². The van der Waals surface area contributed by atoms with Gasteiger partial charge in [-0.25, -0.2) is 4.99 Å². The summed E-state index contributed by atoms with van der Waals surface area (Å²) in [6.45, 7) is 7.21. The highest BCUT2D eigenvalue weighted by atomic mass is 16.5. The smallest absolute Gasteiger partial charge is 0.303 e. The predicted molar refractivity (Wildman–Crippen MR) is 114 cm³/mol. The number of fused-ring (bicyclic) bond motifs is 7. The Kier molecular flexibility index (Phi) is 4.28. The van der Waals surface area contributed by atoms with Gasteiger partial charge in [-0.2, -0.15) is 0 Å². The molecule has 4 aliphatic carbocycles. The molecule has 0 spiro atoms. The molecular formula is C25H29NO5. The van der Waals surface area contributed by atoms with Crippen LogP contribution in [0.4, 0.5) is 0 Å². The van der Waals surface area contributed by atoms with Gasteiger partial charge in [0.25, 0.3) is 0 Å². The molecule has 164 valence electrons. The molecule has 6 heteroatoms. The fourth-order valence-electron chi connectivity index (χ4n) is 7.17. The summed E-state index contributed by atoms with van der Waals surface area (Å²) in [7, 11) is 0. The minimum absolute atomic E-state index is 0.0656. The molecule has 0 aromatic rings. The summed E-state index contributed by atoms with van der Waals surface area (Å²) in [6, 6.07) is 0. The van der Waals surface area contributed by atoms with Gasteiger partial charge in [-0.1, -0.05) is 30.2 Å². The van der Waals surface area contributed by atoms with Crippen LogP contribution >= 0.6 is 0 Å². The van der Waals surface area contributed by atoms with Gasteiger partial charge < -0.3 is 9.47 Å². The van der Waals surface area contributed by atoms with Crippen molar-refractivity contribution in [3.05, 3.63) is 35.5 Å². The second-order valence-corrected chi connectivity index (χ2v) is 10.1. The maximum absolute atomic E-state index is 13.5. The van der Waals surface area contributed by atoms with Gasteiger partial charge in [0.15, 0.2) is 23.8 Å². The maximum Gasteiger partial charge on any atom is 0.303 e. The first kappa shape index (κ1) is 20.4. The number of Topliss-reactive ketones (excluding diaryl/α,β-unsaturated/α-hetero) is 1. The topological polar surface area (TPSA) is 82.0 Å². The van der Waals surface area contributed by atoms with E-state index in [1.165, 1.54) is 18.1 Å². The summed E-state index contributed by atoms with van der Waals surface area (Å²) in [5.74, 6) is 0.504. The van der Waals surface area contributed by atoms with Gasteiger partial charge in [0.2, 0.25) is 5.78 Å². The van der Waals surface area contributed by atoms with E-state index in [0.717, 1.165) is 19.3 Å². The van der Waals surface area contributed by atoms with Crippen molar-refractivity contribution in [1.82, 2.24) is 0 Å². The Morgan fingerprint density at radius 1 is 1.32 bits per heavy atom. The molecule has 1 aliphatic heterocycles. The Morgan fingerprint density at radius 3 is 2.84 bits per heavy atom. The Labute approximate surface area is 182 Å². The third kappa shape index (κ3) is 2.56. The van der Waals surface area contributed by atoms with E-state index in [1.807, 2.05) is 0 Å². The van der Waals surface area contributed by atoms with Crippen molar-refractivity contribution < 1.29 is 23.9 Å². The van der Waals surface area contributed by atoms with Crippen LogP contribution in [-0.4, -0.2) is 41.7 Å². The molecule has 4 unspecified atom stereocenters. The summed E-state index contributed by atoms with van der Waals surface area (Å²) >= 11 is 0. The number of carbonyl (C=O) groups is 3. The van der Waals surface area contributed by atoms with E-state index < -0.39 is 16.9 Å². The fourth-order valence-corrected chi connectivity index (χ4v) is 7.17. The Hall–Kier alpha value is -2.50. The lowest BCUT2D eigenvalue weighted by molar-refractivity contribution is -0.149. The van der Waals surface area contributed by atoms with Crippen LogP contribution in [-0.2, 0) is 23.9 Å². The summed E-state index contributed by atoms with van der Waals surface area (Å²) in [6.07, 6.45) is 10.8. The van der Waals surface area contributed by atoms with Gasteiger partial charge in [-0.05, 0) is 56.6 Å². The van der Waals surface area contributed by atoms with E-state index in [4.69, 9.17) is 14.5 Å². The fraction of sp³-hybridized carbons (Fsp3) is 0.600. The number of esters is 1. The quantitative estimate of drug-likeness (QED) is 0.512. The van der Waals surface area contributed by atoms with E-state index in [1.54, 1.807) is 19.1 Å². The van der Waals surface area contributed by atoms with E-state index in [-0.39, 0.29) is 35.6 Å². The zero-order valence-corrected chi connectivity index (χ0v) is 18.6. The second-order valence-electron chi connectivity index (χ2n) is 10.1. The molecule has 0 N–H and O–H groups in total. The summed E-state index contributed by atoms with van der Waals surface area (Å²) in [4.78, 5) is 41.6. The molecule has 0 saturated heterocycles. The monoisotopic (exact) mass is 423 g/mol. The largest absolute Gasteiger partial charge is 0.475 e. The minimum Gasteiger partial charge on any atom is -0.475 e. The van der Waals surface area contributed by atoms with Crippen LogP contribution in [0.25, 0.3) is 0 Å². The Bertz CT molecular complexity index is 1020. The Morgan fingerprint density at radius 2 is 2.10 bits per heavy atom. The molecule has 6 nitrogen and oxygen atoms in total. The molecule has 31 heavy (non-hydrogen) atoms. The van der Waals surface area contributed by atoms with Gasteiger partial charge in [0.1, 0.15) is 6.10 Å². The second kappa shape index (κ2) is 6.50.